The van der Waals surface area contributed by atoms with Crippen LogP contribution in [0.1, 0.15) is 24.1 Å². The number of anilines is 2. The molecule has 1 aliphatic rings. The van der Waals surface area contributed by atoms with Gasteiger partial charge in [0, 0.05) is 18.5 Å². The van der Waals surface area contributed by atoms with Crippen LogP contribution in [0.5, 0.6) is 0 Å². The number of fused-ring (bicyclic) bond motifs is 1. The molecule has 6 nitrogen and oxygen atoms in total. The fourth-order valence-corrected chi connectivity index (χ4v) is 5.37. The third-order valence-corrected chi connectivity index (χ3v) is 7.28. The molecule has 2 heterocycles. The van der Waals surface area contributed by atoms with E-state index in [1.807, 2.05) is 54.6 Å². The monoisotopic (exact) mass is 454 g/mol. The summed E-state index contributed by atoms with van der Waals surface area (Å²) >= 11 is 0. The van der Waals surface area contributed by atoms with Gasteiger partial charge < -0.3 is 4.90 Å². The molecule has 164 valence electrons. The number of hydrogen-bond acceptors (Lipinski definition) is 4. The minimum Gasteiger partial charge on any atom is -0.370 e. The van der Waals surface area contributed by atoms with Crippen LogP contribution in [0, 0.1) is 0 Å². The molecule has 0 spiro atoms. The third kappa shape index (κ3) is 4.39. The normalized spacial score (nSPS) is 14.4. The van der Waals surface area contributed by atoms with Crippen LogP contribution in [0.3, 0.4) is 0 Å². The van der Waals surface area contributed by atoms with Crippen molar-refractivity contribution in [3.05, 3.63) is 78.0 Å². The van der Waals surface area contributed by atoms with E-state index in [-0.39, 0.29) is 10.4 Å². The largest absolute Gasteiger partial charge is 0.370 e. The molecule has 1 aliphatic heterocycles. The molecule has 0 atom stereocenters. The van der Waals surface area contributed by atoms with Crippen molar-refractivity contribution in [1.29, 1.82) is 0 Å². The van der Waals surface area contributed by atoms with Gasteiger partial charge in [-0.2, -0.15) is 5.10 Å². The van der Waals surface area contributed by atoms with E-state index in [1.165, 1.54) is 6.07 Å². The predicted molar refractivity (Wildman–Crippen MR) is 136 cm³/mol. The molecule has 33 heavy (non-hydrogen) atoms. The summed E-state index contributed by atoms with van der Waals surface area (Å²) in [7, 11) is 2.09. The summed E-state index contributed by atoms with van der Waals surface area (Å²) in [6.45, 7) is 1.76. The fourth-order valence-electron chi connectivity index (χ4n) is 4.17. The summed E-state index contributed by atoms with van der Waals surface area (Å²) in [5.41, 5.74) is 4.21. The van der Waals surface area contributed by atoms with Gasteiger partial charge in [-0.1, -0.05) is 60.1 Å². The Morgan fingerprint density at radius 1 is 0.970 bits per heavy atom. The highest BCUT2D eigenvalue weighted by atomic mass is 32.2. The molecule has 4 aromatic rings. The van der Waals surface area contributed by atoms with Crippen LogP contribution >= 0.6 is 0 Å². The SMILES string of the molecule is [B]c1ccccc1S(=O)(=O)Nc1cc2c(/C=C/c3ccccc3)n[nH]c2cc1N1CCCC1. The van der Waals surface area contributed by atoms with Crippen molar-refractivity contribution in [2.75, 3.05) is 22.7 Å². The van der Waals surface area contributed by atoms with Crippen molar-refractivity contribution in [2.24, 2.45) is 0 Å². The zero-order chi connectivity index (χ0) is 22.8. The van der Waals surface area contributed by atoms with Crippen LogP contribution in [0.2, 0.25) is 0 Å². The Morgan fingerprint density at radius 2 is 1.70 bits per heavy atom. The molecule has 1 saturated heterocycles. The maximum Gasteiger partial charge on any atom is 0.261 e. The first-order valence-electron chi connectivity index (χ1n) is 10.9. The number of sulfonamides is 1. The van der Waals surface area contributed by atoms with Crippen LogP contribution in [-0.4, -0.2) is 39.6 Å². The van der Waals surface area contributed by atoms with Crippen LogP contribution in [0.25, 0.3) is 23.1 Å². The molecule has 5 rings (SSSR count). The fraction of sp³-hybridized carbons (Fsp3) is 0.160. The highest BCUT2D eigenvalue weighted by molar-refractivity contribution is 7.93. The number of rotatable bonds is 6. The molecule has 1 fully saturated rings. The zero-order valence-electron chi connectivity index (χ0n) is 18.0. The number of aromatic amines is 1. The Morgan fingerprint density at radius 3 is 2.45 bits per heavy atom. The summed E-state index contributed by atoms with van der Waals surface area (Å²) in [6.07, 6.45) is 6.06. The molecule has 8 heteroatoms. The molecule has 0 bridgehead atoms. The van der Waals surface area contributed by atoms with Gasteiger partial charge in [0.2, 0.25) is 0 Å². The van der Waals surface area contributed by atoms with Gasteiger partial charge in [-0.25, -0.2) is 8.42 Å². The molecule has 0 aliphatic carbocycles. The van der Waals surface area contributed by atoms with Crippen LogP contribution in [-0.2, 0) is 10.0 Å². The second-order valence-electron chi connectivity index (χ2n) is 8.11. The van der Waals surface area contributed by atoms with Gasteiger partial charge in [-0.15, -0.1) is 0 Å². The van der Waals surface area contributed by atoms with E-state index in [2.05, 4.69) is 19.8 Å². The Balaban J connectivity index is 1.58. The highest BCUT2D eigenvalue weighted by Gasteiger charge is 2.23. The van der Waals surface area contributed by atoms with Gasteiger partial charge in [0.15, 0.2) is 0 Å². The summed E-state index contributed by atoms with van der Waals surface area (Å²) in [5, 5.41) is 8.39. The third-order valence-electron chi connectivity index (χ3n) is 5.84. The molecule has 2 N–H and O–H groups in total. The van der Waals surface area contributed by atoms with Crippen molar-refractivity contribution in [3.8, 4) is 0 Å². The van der Waals surface area contributed by atoms with Crippen molar-refractivity contribution in [1.82, 2.24) is 10.2 Å². The molecule has 0 saturated carbocycles. The van der Waals surface area contributed by atoms with Gasteiger partial charge in [-0.05, 0) is 42.7 Å². The quantitative estimate of drug-likeness (QED) is 0.433. The topological polar surface area (TPSA) is 78.1 Å². The van der Waals surface area contributed by atoms with Gasteiger partial charge in [0.25, 0.3) is 10.0 Å². The second kappa shape index (κ2) is 8.79. The van der Waals surface area contributed by atoms with Gasteiger partial charge in [-0.3, -0.25) is 9.82 Å². The number of nitrogens with one attached hydrogen (secondary N) is 2. The van der Waals surface area contributed by atoms with Crippen LogP contribution in [0.15, 0.2) is 71.6 Å². The van der Waals surface area contributed by atoms with Crippen molar-refractivity contribution >= 4 is 57.8 Å². The van der Waals surface area contributed by atoms with E-state index in [9.17, 15) is 8.42 Å². The molecule has 0 unspecified atom stereocenters. The lowest BCUT2D eigenvalue weighted by molar-refractivity contribution is 0.602. The van der Waals surface area contributed by atoms with E-state index in [4.69, 9.17) is 7.85 Å². The first-order chi connectivity index (χ1) is 16.0. The minimum absolute atomic E-state index is 0.0638. The number of H-pyrrole nitrogens is 1. The Hall–Kier alpha value is -3.52. The first kappa shape index (κ1) is 21.3. The average molecular weight is 454 g/mol. The van der Waals surface area contributed by atoms with Gasteiger partial charge in [0.1, 0.15) is 7.85 Å². The van der Waals surface area contributed by atoms with Crippen molar-refractivity contribution < 1.29 is 8.42 Å². The summed E-state index contributed by atoms with van der Waals surface area (Å²) in [6, 6.07) is 20.3. The number of benzene rings is 3. The maximum absolute atomic E-state index is 13.2. The molecule has 1 aromatic heterocycles. The molecule has 3 aromatic carbocycles. The molecular weight excluding hydrogens is 431 g/mol. The summed E-state index contributed by atoms with van der Waals surface area (Å²) in [4.78, 5) is 2.26. The minimum atomic E-state index is -3.87. The van der Waals surface area contributed by atoms with Crippen molar-refractivity contribution in [2.45, 2.75) is 17.7 Å². The lowest BCUT2D eigenvalue weighted by Gasteiger charge is -2.22. The lowest BCUT2D eigenvalue weighted by Crippen LogP contribution is -2.24. The first-order valence-corrected chi connectivity index (χ1v) is 12.4. The highest BCUT2D eigenvalue weighted by Crippen LogP contribution is 2.35. The van der Waals surface area contributed by atoms with E-state index in [1.54, 1.807) is 18.2 Å². The number of aromatic nitrogens is 2. The zero-order valence-corrected chi connectivity index (χ0v) is 18.8. The summed E-state index contributed by atoms with van der Waals surface area (Å²) < 4.78 is 29.2. The molecule has 2 radical (unpaired) electrons. The second-order valence-corrected chi connectivity index (χ2v) is 9.76. The Labute approximate surface area is 194 Å². The van der Waals surface area contributed by atoms with Gasteiger partial charge >= 0.3 is 0 Å². The average Bonchev–Trinajstić information content (AvgIpc) is 3.48. The molecule has 0 amide bonds. The summed E-state index contributed by atoms with van der Waals surface area (Å²) in [5.74, 6) is 0. The van der Waals surface area contributed by atoms with Crippen molar-refractivity contribution in [3.63, 3.8) is 0 Å². The Kier molecular flexibility index (Phi) is 5.68. The van der Waals surface area contributed by atoms with Crippen LogP contribution in [0.4, 0.5) is 11.4 Å². The van der Waals surface area contributed by atoms with E-state index in [0.29, 0.717) is 5.69 Å². The maximum atomic E-state index is 13.2. The van der Waals surface area contributed by atoms with E-state index < -0.39 is 10.0 Å². The van der Waals surface area contributed by atoms with Gasteiger partial charge in [0.05, 0.1) is 27.5 Å². The standard InChI is InChI=1S/C25H23BN4O2S/c26-20-10-4-5-11-25(20)33(31,32)29-23-16-19-21(13-12-18-8-2-1-3-9-18)27-28-22(19)17-24(23)30-14-6-7-15-30/h1-5,8-13,16-17,29H,6-7,14-15H2,(H,27,28)/b13-12+. The smallest absolute Gasteiger partial charge is 0.261 e. The van der Waals surface area contributed by atoms with E-state index in [0.717, 1.165) is 53.8 Å². The number of hydrogen-bond donors (Lipinski definition) is 2. The predicted octanol–water partition coefficient (Wildman–Crippen LogP) is 3.93. The van der Waals surface area contributed by atoms with E-state index >= 15 is 0 Å². The number of nitrogens with zero attached hydrogens (tertiary/aromatic N) is 2. The Bertz CT molecular complexity index is 1430. The van der Waals surface area contributed by atoms with Crippen LogP contribution < -0.4 is 15.1 Å². The molecular formula is C25H23BN4O2S. The lowest BCUT2D eigenvalue weighted by atomic mass is 9.97.